The number of hydrazone groups is 1. The van der Waals surface area contributed by atoms with Crippen molar-refractivity contribution in [2.24, 2.45) is 10.8 Å². The maximum atomic E-state index is 9.88. The number of aliphatic carboxylic acids is 1. The van der Waals surface area contributed by atoms with Crippen molar-refractivity contribution in [3.63, 3.8) is 0 Å². The Hall–Kier alpha value is -1.52. The third kappa shape index (κ3) is 3.10. The summed E-state index contributed by atoms with van der Waals surface area (Å²) in [4.78, 5) is 9.88. The number of nitrogens with one attached hydrogen (secondary N) is 1. The normalized spacial score (nSPS) is 10.4. The van der Waals surface area contributed by atoms with Crippen molar-refractivity contribution in [2.45, 2.75) is 0 Å². The van der Waals surface area contributed by atoms with Crippen LogP contribution in [-0.2, 0) is 4.79 Å². The fraction of sp³-hybridized carbons (Fsp3) is 0. The van der Waals surface area contributed by atoms with Gasteiger partial charge in [0, 0.05) is 6.20 Å². The topological polar surface area (TPSA) is 87.7 Å². The van der Waals surface area contributed by atoms with Crippen molar-refractivity contribution in [1.82, 2.24) is 5.43 Å². The van der Waals surface area contributed by atoms with Crippen LogP contribution in [0.1, 0.15) is 0 Å². The molecule has 0 saturated carbocycles. The van der Waals surface area contributed by atoms with E-state index >= 15 is 0 Å². The molecule has 0 radical (unpaired) electrons. The van der Waals surface area contributed by atoms with Crippen LogP contribution < -0.4 is 11.2 Å². The SMILES string of the molecule is C=CN/N=C(\N)C(=O)O. The molecule has 0 aliphatic carbocycles. The first-order valence-corrected chi connectivity index (χ1v) is 2.11. The van der Waals surface area contributed by atoms with E-state index in [4.69, 9.17) is 10.8 Å². The molecule has 4 N–H and O–H groups in total. The Labute approximate surface area is 51.9 Å². The molecule has 5 heteroatoms. The zero-order valence-electron chi connectivity index (χ0n) is 4.66. The molecule has 0 fully saturated rings. The second kappa shape index (κ2) is 3.48. The molecule has 0 aromatic heterocycles. The molecule has 0 spiro atoms. The molecular weight excluding hydrogens is 122 g/mol. The number of nitrogens with two attached hydrogens (primary N) is 1. The van der Waals surface area contributed by atoms with Gasteiger partial charge >= 0.3 is 5.97 Å². The van der Waals surface area contributed by atoms with Gasteiger partial charge in [0.25, 0.3) is 0 Å². The predicted octanol–water partition coefficient (Wildman–Crippen LogP) is -0.924. The van der Waals surface area contributed by atoms with E-state index in [2.05, 4.69) is 17.1 Å². The Morgan fingerprint density at radius 2 is 2.44 bits per heavy atom. The lowest BCUT2D eigenvalue weighted by Gasteiger charge is -1.89. The van der Waals surface area contributed by atoms with Crippen LogP contribution in [0.25, 0.3) is 0 Å². The monoisotopic (exact) mass is 129 g/mol. The van der Waals surface area contributed by atoms with Crippen molar-refractivity contribution in [3.8, 4) is 0 Å². The highest BCUT2D eigenvalue weighted by Gasteiger charge is 1.99. The van der Waals surface area contributed by atoms with Crippen molar-refractivity contribution in [1.29, 1.82) is 0 Å². The van der Waals surface area contributed by atoms with Crippen molar-refractivity contribution in [3.05, 3.63) is 12.8 Å². The molecule has 0 aliphatic heterocycles. The van der Waals surface area contributed by atoms with Crippen molar-refractivity contribution < 1.29 is 9.90 Å². The number of nitrogens with zero attached hydrogens (tertiary/aromatic N) is 1. The molecule has 9 heavy (non-hydrogen) atoms. The minimum Gasteiger partial charge on any atom is -0.475 e. The van der Waals surface area contributed by atoms with Gasteiger partial charge in [0.15, 0.2) is 0 Å². The highest BCUT2D eigenvalue weighted by molar-refractivity contribution is 6.33. The van der Waals surface area contributed by atoms with Gasteiger partial charge in [0.2, 0.25) is 5.84 Å². The average Bonchev–Trinajstić information content (AvgIpc) is 1.82. The van der Waals surface area contributed by atoms with Crippen LogP contribution in [0.3, 0.4) is 0 Å². The molecule has 0 amide bonds. The molecule has 0 saturated heterocycles. The smallest absolute Gasteiger partial charge is 0.373 e. The van der Waals surface area contributed by atoms with Gasteiger partial charge in [-0.3, -0.25) is 5.43 Å². The summed E-state index contributed by atoms with van der Waals surface area (Å²) in [7, 11) is 0. The lowest BCUT2D eigenvalue weighted by Crippen LogP contribution is -2.25. The minimum absolute atomic E-state index is 0.491. The lowest BCUT2D eigenvalue weighted by atomic mass is 10.6. The summed E-state index contributed by atoms with van der Waals surface area (Å²) in [5.41, 5.74) is 7.02. The molecule has 5 nitrogen and oxygen atoms in total. The quantitative estimate of drug-likeness (QED) is 0.255. The summed E-state index contributed by atoms with van der Waals surface area (Å²) < 4.78 is 0. The first-order chi connectivity index (χ1) is 4.18. The first kappa shape index (κ1) is 7.48. The Morgan fingerprint density at radius 1 is 1.89 bits per heavy atom. The Bertz CT molecular complexity index is 152. The van der Waals surface area contributed by atoms with E-state index in [9.17, 15) is 4.79 Å². The van der Waals surface area contributed by atoms with Gasteiger partial charge in [-0.15, -0.1) is 0 Å². The Morgan fingerprint density at radius 3 is 2.78 bits per heavy atom. The van der Waals surface area contributed by atoms with Crippen LogP contribution in [-0.4, -0.2) is 16.9 Å². The van der Waals surface area contributed by atoms with Gasteiger partial charge in [0.05, 0.1) is 0 Å². The van der Waals surface area contributed by atoms with Crippen LogP contribution in [0.4, 0.5) is 0 Å². The number of amidine groups is 1. The van der Waals surface area contributed by atoms with E-state index in [0.717, 1.165) is 0 Å². The van der Waals surface area contributed by atoms with E-state index in [1.54, 1.807) is 0 Å². The number of carboxylic acid groups (broad SMARTS) is 1. The first-order valence-electron chi connectivity index (χ1n) is 2.11. The molecule has 0 heterocycles. The molecule has 0 bridgehead atoms. The summed E-state index contributed by atoms with van der Waals surface area (Å²) in [5, 5.41) is 11.2. The standard InChI is InChI=1S/C4H7N3O2/c1-2-6-7-3(5)4(8)9/h2,6H,1H2,(H2,5,7)(H,8,9). The summed E-state index contributed by atoms with van der Waals surface area (Å²) in [6.45, 7) is 3.23. The van der Waals surface area contributed by atoms with Crippen LogP contribution in [0.15, 0.2) is 17.9 Å². The van der Waals surface area contributed by atoms with Gasteiger partial charge in [-0.25, -0.2) is 4.79 Å². The van der Waals surface area contributed by atoms with Crippen LogP contribution >= 0.6 is 0 Å². The van der Waals surface area contributed by atoms with E-state index < -0.39 is 11.8 Å². The van der Waals surface area contributed by atoms with E-state index in [0.29, 0.717) is 0 Å². The maximum absolute atomic E-state index is 9.88. The Kier molecular flexibility index (Phi) is 2.89. The minimum atomic E-state index is -1.26. The molecule has 0 rings (SSSR count). The molecule has 0 aliphatic rings. The van der Waals surface area contributed by atoms with E-state index in [1.807, 2.05) is 0 Å². The van der Waals surface area contributed by atoms with Gasteiger partial charge < -0.3 is 10.8 Å². The second-order valence-electron chi connectivity index (χ2n) is 1.14. The van der Waals surface area contributed by atoms with Crippen LogP contribution in [0.5, 0.6) is 0 Å². The summed E-state index contributed by atoms with van der Waals surface area (Å²) >= 11 is 0. The summed E-state index contributed by atoms with van der Waals surface area (Å²) in [6, 6.07) is 0. The number of carbonyl (C=O) groups is 1. The average molecular weight is 129 g/mol. The van der Waals surface area contributed by atoms with Gasteiger partial charge in [-0.2, -0.15) is 5.10 Å². The van der Waals surface area contributed by atoms with Crippen LogP contribution in [0, 0.1) is 0 Å². The number of hydrogen-bond acceptors (Lipinski definition) is 3. The predicted molar refractivity (Wildman–Crippen MR) is 32.6 cm³/mol. The van der Waals surface area contributed by atoms with Gasteiger partial charge in [-0.1, -0.05) is 6.58 Å². The zero-order valence-corrected chi connectivity index (χ0v) is 4.66. The molecule has 0 aromatic carbocycles. The van der Waals surface area contributed by atoms with Gasteiger partial charge in [0.1, 0.15) is 0 Å². The third-order valence-corrected chi connectivity index (χ3v) is 0.495. The van der Waals surface area contributed by atoms with Gasteiger partial charge in [-0.05, 0) is 0 Å². The van der Waals surface area contributed by atoms with Crippen molar-refractivity contribution in [2.75, 3.05) is 0 Å². The maximum Gasteiger partial charge on any atom is 0.373 e. The second-order valence-corrected chi connectivity index (χ2v) is 1.14. The van der Waals surface area contributed by atoms with E-state index in [1.165, 1.54) is 6.20 Å². The fourth-order valence-corrected chi connectivity index (χ4v) is 0.163. The highest BCUT2D eigenvalue weighted by Crippen LogP contribution is 1.64. The number of rotatable bonds is 2. The molecule has 0 unspecified atom stereocenters. The summed E-state index contributed by atoms with van der Waals surface area (Å²) in [6.07, 6.45) is 1.22. The summed E-state index contributed by atoms with van der Waals surface area (Å²) in [5.74, 6) is -1.75. The Balaban J connectivity index is 3.83. The number of hydrogen-bond donors (Lipinski definition) is 3. The highest BCUT2D eigenvalue weighted by atomic mass is 16.4. The molecule has 50 valence electrons. The fourth-order valence-electron chi connectivity index (χ4n) is 0.163. The third-order valence-electron chi connectivity index (χ3n) is 0.495. The van der Waals surface area contributed by atoms with E-state index in [-0.39, 0.29) is 0 Å². The zero-order chi connectivity index (χ0) is 7.28. The number of carboxylic acids is 1. The molecule has 0 aromatic rings. The lowest BCUT2D eigenvalue weighted by molar-refractivity contribution is -0.129. The van der Waals surface area contributed by atoms with Crippen LogP contribution in [0.2, 0.25) is 0 Å². The molecule has 0 atom stereocenters. The molecular formula is C4H7N3O2. The van der Waals surface area contributed by atoms with Crippen molar-refractivity contribution >= 4 is 11.8 Å². The largest absolute Gasteiger partial charge is 0.475 e.